The average molecular weight is 282 g/mol. The Labute approximate surface area is 117 Å². The molecule has 5 nitrogen and oxygen atoms in total. The van der Waals surface area contributed by atoms with Crippen LogP contribution in [0.4, 0.5) is 4.39 Å². The Morgan fingerprint density at radius 2 is 2.35 bits per heavy atom. The topological polar surface area (TPSA) is 75.8 Å². The minimum atomic E-state index is -1.04. The first-order valence-corrected chi connectivity index (χ1v) is 6.58. The molecule has 1 aromatic carbocycles. The fourth-order valence-corrected chi connectivity index (χ4v) is 2.45. The summed E-state index contributed by atoms with van der Waals surface area (Å²) in [6, 6.07) is 5.79. The number of likely N-dealkylation sites (tertiary alicyclic amines) is 1. The summed E-state index contributed by atoms with van der Waals surface area (Å²) in [7, 11) is 0. The second-order valence-electron chi connectivity index (χ2n) is 5.25. The number of benzene rings is 1. The zero-order valence-electron chi connectivity index (χ0n) is 11.2. The number of nitrogens with zero attached hydrogens (tertiary/aromatic N) is 1. The van der Waals surface area contributed by atoms with Gasteiger partial charge in [0.05, 0.1) is 6.54 Å². The molecule has 0 radical (unpaired) electrons. The molecule has 6 heteroatoms. The number of carbonyl (C=O) groups excluding carboxylic acids is 1. The van der Waals surface area contributed by atoms with Gasteiger partial charge in [0.1, 0.15) is 23.8 Å². The Hall–Kier alpha value is -1.66. The van der Waals surface area contributed by atoms with E-state index in [0.717, 1.165) is 13.0 Å². The van der Waals surface area contributed by atoms with Gasteiger partial charge >= 0.3 is 0 Å². The van der Waals surface area contributed by atoms with Gasteiger partial charge in [-0.1, -0.05) is 6.07 Å². The largest absolute Gasteiger partial charge is 0.490 e. The number of aliphatic hydroxyl groups is 1. The molecule has 1 heterocycles. The first kappa shape index (κ1) is 14.7. The number of carbonyl (C=O) groups is 1. The molecule has 1 aliphatic rings. The second-order valence-corrected chi connectivity index (χ2v) is 5.25. The molecule has 1 atom stereocenters. The second kappa shape index (κ2) is 6.19. The van der Waals surface area contributed by atoms with E-state index in [1.54, 1.807) is 17.0 Å². The Morgan fingerprint density at radius 3 is 3.05 bits per heavy atom. The third-order valence-electron chi connectivity index (χ3n) is 3.32. The minimum Gasteiger partial charge on any atom is -0.490 e. The molecule has 1 amide bonds. The number of β-amino-alcohol motifs (C(OH)–C–C–N with tert-alkyl or cyclic N) is 1. The van der Waals surface area contributed by atoms with Gasteiger partial charge in [0, 0.05) is 12.6 Å². The quantitative estimate of drug-likeness (QED) is 0.825. The molecule has 0 aromatic heterocycles. The predicted molar refractivity (Wildman–Crippen MR) is 71.7 cm³/mol. The Morgan fingerprint density at radius 1 is 1.55 bits per heavy atom. The third kappa shape index (κ3) is 4.18. The van der Waals surface area contributed by atoms with Crippen LogP contribution >= 0.6 is 0 Å². The van der Waals surface area contributed by atoms with Crippen molar-refractivity contribution in [3.05, 3.63) is 30.1 Å². The number of rotatable bonds is 5. The van der Waals surface area contributed by atoms with Gasteiger partial charge in [0.25, 0.3) is 0 Å². The first-order valence-electron chi connectivity index (χ1n) is 6.58. The highest BCUT2D eigenvalue weighted by Gasteiger charge is 2.34. The zero-order valence-corrected chi connectivity index (χ0v) is 11.2. The van der Waals surface area contributed by atoms with Crippen molar-refractivity contribution in [2.24, 2.45) is 5.73 Å². The van der Waals surface area contributed by atoms with E-state index in [4.69, 9.17) is 10.5 Å². The van der Waals surface area contributed by atoms with Crippen LogP contribution in [0.3, 0.4) is 0 Å². The summed E-state index contributed by atoms with van der Waals surface area (Å²) in [5.41, 5.74) is 4.12. The number of primary amides is 1. The number of hydrogen-bond donors (Lipinski definition) is 2. The molecule has 110 valence electrons. The van der Waals surface area contributed by atoms with Crippen molar-refractivity contribution in [1.82, 2.24) is 4.90 Å². The van der Waals surface area contributed by atoms with Crippen molar-refractivity contribution in [1.29, 1.82) is 0 Å². The van der Waals surface area contributed by atoms with Crippen LogP contribution < -0.4 is 10.5 Å². The van der Waals surface area contributed by atoms with Crippen LogP contribution in [-0.2, 0) is 4.79 Å². The van der Waals surface area contributed by atoms with Crippen molar-refractivity contribution in [2.75, 3.05) is 26.2 Å². The lowest BCUT2D eigenvalue weighted by Crippen LogP contribution is -2.53. The smallest absolute Gasteiger partial charge is 0.231 e. The van der Waals surface area contributed by atoms with E-state index < -0.39 is 11.5 Å². The van der Waals surface area contributed by atoms with E-state index in [9.17, 15) is 14.3 Å². The highest BCUT2D eigenvalue weighted by atomic mass is 19.1. The summed E-state index contributed by atoms with van der Waals surface area (Å²) < 4.78 is 18.5. The van der Waals surface area contributed by atoms with E-state index in [1.165, 1.54) is 12.1 Å². The maximum absolute atomic E-state index is 13.0. The van der Waals surface area contributed by atoms with Crippen molar-refractivity contribution in [3.63, 3.8) is 0 Å². The van der Waals surface area contributed by atoms with Crippen molar-refractivity contribution in [2.45, 2.75) is 18.4 Å². The molecule has 0 saturated carbocycles. The maximum atomic E-state index is 13.0. The molecular weight excluding hydrogens is 263 g/mol. The molecule has 1 aliphatic heterocycles. The monoisotopic (exact) mass is 282 g/mol. The molecule has 2 rings (SSSR count). The molecule has 0 spiro atoms. The molecule has 1 saturated heterocycles. The lowest BCUT2D eigenvalue weighted by Gasteiger charge is -2.38. The van der Waals surface area contributed by atoms with Crippen LogP contribution in [0, 0.1) is 5.82 Å². The lowest BCUT2D eigenvalue weighted by atomic mass is 9.93. The summed E-state index contributed by atoms with van der Waals surface area (Å²) in [4.78, 5) is 12.7. The maximum Gasteiger partial charge on any atom is 0.231 e. The van der Waals surface area contributed by atoms with Gasteiger partial charge in [-0.15, -0.1) is 0 Å². The standard InChI is InChI=1S/C14H19FN2O3/c15-11-3-1-4-12(7-11)20-10-14(19)5-2-6-17(9-14)8-13(16)18/h1,3-4,7,19H,2,5-6,8-10H2,(H2,16,18)/t14-/m0/s1. The van der Waals surface area contributed by atoms with Gasteiger partial charge in [-0.2, -0.15) is 0 Å². The van der Waals surface area contributed by atoms with Crippen LogP contribution in [0.1, 0.15) is 12.8 Å². The number of halogens is 1. The van der Waals surface area contributed by atoms with E-state index in [2.05, 4.69) is 0 Å². The number of hydrogen-bond acceptors (Lipinski definition) is 4. The summed E-state index contributed by atoms with van der Waals surface area (Å²) in [6.07, 6.45) is 1.34. The molecule has 0 unspecified atom stereocenters. The fourth-order valence-electron chi connectivity index (χ4n) is 2.45. The number of ether oxygens (including phenoxy) is 1. The Balaban J connectivity index is 1.91. The number of nitrogens with two attached hydrogens (primary N) is 1. The van der Waals surface area contributed by atoms with Gasteiger partial charge in [0.2, 0.25) is 5.91 Å². The van der Waals surface area contributed by atoms with Gasteiger partial charge in [-0.3, -0.25) is 9.69 Å². The Kier molecular flexibility index (Phi) is 4.57. The molecule has 0 bridgehead atoms. The van der Waals surface area contributed by atoms with Crippen LogP contribution in [0.5, 0.6) is 5.75 Å². The summed E-state index contributed by atoms with van der Waals surface area (Å²) in [5, 5.41) is 10.5. The molecule has 3 N–H and O–H groups in total. The normalized spacial score (nSPS) is 23.5. The van der Waals surface area contributed by atoms with Crippen LogP contribution in [0.15, 0.2) is 24.3 Å². The van der Waals surface area contributed by atoms with Crippen molar-refractivity contribution in [3.8, 4) is 5.75 Å². The molecule has 1 aromatic rings. The molecule has 20 heavy (non-hydrogen) atoms. The highest BCUT2D eigenvalue weighted by Crippen LogP contribution is 2.23. The molecular formula is C14H19FN2O3. The molecule has 0 aliphatic carbocycles. The van der Waals surface area contributed by atoms with Gasteiger partial charge in [-0.25, -0.2) is 4.39 Å². The molecule has 1 fully saturated rings. The number of piperidine rings is 1. The lowest BCUT2D eigenvalue weighted by molar-refractivity contribution is -0.121. The van der Waals surface area contributed by atoms with Crippen LogP contribution in [0.25, 0.3) is 0 Å². The summed E-state index contributed by atoms with van der Waals surface area (Å²) >= 11 is 0. The van der Waals surface area contributed by atoms with E-state index in [-0.39, 0.29) is 19.0 Å². The van der Waals surface area contributed by atoms with E-state index >= 15 is 0 Å². The van der Waals surface area contributed by atoms with E-state index in [1.807, 2.05) is 0 Å². The van der Waals surface area contributed by atoms with Gasteiger partial charge in [-0.05, 0) is 31.5 Å². The predicted octanol–water partition coefficient (Wildman–Crippen LogP) is 0.517. The third-order valence-corrected chi connectivity index (χ3v) is 3.32. The zero-order chi connectivity index (χ0) is 14.6. The van der Waals surface area contributed by atoms with Crippen molar-refractivity contribution >= 4 is 5.91 Å². The fraction of sp³-hybridized carbons (Fsp3) is 0.500. The first-order chi connectivity index (χ1) is 9.47. The SMILES string of the molecule is NC(=O)CN1CCC[C@@](O)(COc2cccc(F)c2)C1. The highest BCUT2D eigenvalue weighted by molar-refractivity contribution is 5.75. The van der Waals surface area contributed by atoms with Crippen LogP contribution in [0.2, 0.25) is 0 Å². The minimum absolute atomic E-state index is 0.0612. The van der Waals surface area contributed by atoms with Crippen LogP contribution in [-0.4, -0.2) is 47.8 Å². The number of amides is 1. The summed E-state index contributed by atoms with van der Waals surface area (Å²) in [6.45, 7) is 1.24. The summed E-state index contributed by atoms with van der Waals surface area (Å²) in [5.74, 6) is -0.417. The van der Waals surface area contributed by atoms with E-state index in [0.29, 0.717) is 18.7 Å². The van der Waals surface area contributed by atoms with Crippen molar-refractivity contribution < 1.29 is 19.0 Å². The van der Waals surface area contributed by atoms with Gasteiger partial charge < -0.3 is 15.6 Å². The Bertz CT molecular complexity index is 483. The van der Waals surface area contributed by atoms with Gasteiger partial charge in [0.15, 0.2) is 0 Å². The average Bonchev–Trinajstić information content (AvgIpc) is 2.36.